The molecule has 2 aliphatic rings. The Balaban J connectivity index is 1.82. The van der Waals surface area contributed by atoms with Crippen LogP contribution in [0.15, 0.2) is 18.2 Å². The predicted octanol–water partition coefficient (Wildman–Crippen LogP) is 3.01. The normalized spacial score (nSPS) is 27.4. The second-order valence-corrected chi connectivity index (χ2v) is 5.99. The van der Waals surface area contributed by atoms with Gasteiger partial charge in [0, 0.05) is 6.61 Å². The molecule has 23 heavy (non-hydrogen) atoms. The van der Waals surface area contributed by atoms with Gasteiger partial charge in [-0.25, -0.2) is 0 Å². The number of halogens is 3. The van der Waals surface area contributed by atoms with Gasteiger partial charge in [-0.05, 0) is 43.1 Å². The number of rotatable bonds is 2. The van der Waals surface area contributed by atoms with E-state index in [4.69, 9.17) is 14.7 Å². The molecule has 3 rings (SSSR count). The van der Waals surface area contributed by atoms with Gasteiger partial charge in [0.15, 0.2) is 0 Å². The van der Waals surface area contributed by atoms with Crippen LogP contribution < -0.4 is 4.74 Å². The van der Waals surface area contributed by atoms with Crippen molar-refractivity contribution >= 4 is 7.12 Å². The van der Waals surface area contributed by atoms with E-state index in [0.29, 0.717) is 25.9 Å². The second kappa shape index (κ2) is 6.06. The van der Waals surface area contributed by atoms with Crippen molar-refractivity contribution in [3.8, 4) is 11.8 Å². The zero-order valence-corrected chi connectivity index (χ0v) is 12.2. The van der Waals surface area contributed by atoms with E-state index in [0.717, 1.165) is 6.07 Å². The summed E-state index contributed by atoms with van der Waals surface area (Å²) in [4.78, 5) is 0. The molecule has 1 saturated carbocycles. The molecule has 1 aliphatic carbocycles. The van der Waals surface area contributed by atoms with E-state index < -0.39 is 30.7 Å². The van der Waals surface area contributed by atoms with Crippen LogP contribution in [0.4, 0.5) is 13.2 Å². The lowest BCUT2D eigenvalue weighted by atomic mass is 9.62. The molecule has 8 heteroatoms. The number of nitrogens with zero attached hydrogens (tertiary/aromatic N) is 1. The molecular weight excluding hydrogens is 310 g/mol. The summed E-state index contributed by atoms with van der Waals surface area (Å²) in [5, 5.41) is 18.8. The van der Waals surface area contributed by atoms with Crippen molar-refractivity contribution in [2.45, 2.75) is 37.4 Å². The summed E-state index contributed by atoms with van der Waals surface area (Å²) in [6.45, 7) is 0.387. The Labute approximate surface area is 132 Å². The standard InChI is InChI=1S/C15H15BF3NO3/c17-15(18,19)12-3-1-2-9(7-20)14(12)23-11-4-5-13-10(6-11)8-22-16(13)21/h1-3,10-11,13,21H,4-6,8H2. The summed E-state index contributed by atoms with van der Waals surface area (Å²) in [5.74, 6) is -0.305. The zero-order valence-electron chi connectivity index (χ0n) is 12.2. The SMILES string of the molecule is N#Cc1cccc(C(F)(F)F)c1OC1CCC2B(O)OCC2C1. The molecule has 2 fully saturated rings. The zero-order chi connectivity index (χ0) is 16.6. The van der Waals surface area contributed by atoms with Gasteiger partial charge in [-0.2, -0.15) is 18.4 Å². The van der Waals surface area contributed by atoms with E-state index in [1.807, 2.05) is 0 Å². The van der Waals surface area contributed by atoms with Crippen LogP contribution in [0.25, 0.3) is 0 Å². The summed E-state index contributed by atoms with van der Waals surface area (Å²) >= 11 is 0. The Morgan fingerprint density at radius 2 is 2.13 bits per heavy atom. The van der Waals surface area contributed by atoms with Crippen molar-refractivity contribution in [2.24, 2.45) is 5.92 Å². The van der Waals surface area contributed by atoms with E-state index in [-0.39, 0.29) is 17.3 Å². The van der Waals surface area contributed by atoms with Crippen LogP contribution in [0.1, 0.15) is 30.4 Å². The maximum atomic E-state index is 13.1. The van der Waals surface area contributed by atoms with Gasteiger partial charge in [-0.3, -0.25) is 0 Å². The predicted molar refractivity (Wildman–Crippen MR) is 75.6 cm³/mol. The molecule has 4 nitrogen and oxygen atoms in total. The molecule has 0 aromatic heterocycles. The van der Waals surface area contributed by atoms with E-state index in [2.05, 4.69) is 0 Å². The molecule has 0 radical (unpaired) electrons. The fraction of sp³-hybridized carbons (Fsp3) is 0.533. The summed E-state index contributed by atoms with van der Waals surface area (Å²) in [6.07, 6.45) is -3.32. The minimum atomic E-state index is -4.58. The first-order valence-electron chi connectivity index (χ1n) is 7.46. The van der Waals surface area contributed by atoms with E-state index in [9.17, 15) is 18.2 Å². The molecule has 1 aromatic carbocycles. The third-order valence-electron chi connectivity index (χ3n) is 4.57. The monoisotopic (exact) mass is 325 g/mol. The summed E-state index contributed by atoms with van der Waals surface area (Å²) < 4.78 is 50.2. The number of ether oxygens (including phenoxy) is 1. The van der Waals surface area contributed by atoms with Crippen LogP contribution in [0.3, 0.4) is 0 Å². The van der Waals surface area contributed by atoms with E-state index in [1.54, 1.807) is 6.07 Å². The first kappa shape index (κ1) is 16.2. The third kappa shape index (κ3) is 3.17. The molecule has 0 amide bonds. The van der Waals surface area contributed by atoms with Gasteiger partial charge in [0.1, 0.15) is 11.8 Å². The van der Waals surface area contributed by atoms with Crippen molar-refractivity contribution in [1.82, 2.24) is 0 Å². The molecular formula is C15H15BF3NO3. The fourth-order valence-corrected chi connectivity index (χ4v) is 3.41. The number of hydrogen-bond donors (Lipinski definition) is 1. The van der Waals surface area contributed by atoms with Crippen LogP contribution in [0.2, 0.25) is 5.82 Å². The molecule has 3 atom stereocenters. The first-order valence-corrected chi connectivity index (χ1v) is 7.46. The first-order chi connectivity index (χ1) is 10.9. The van der Waals surface area contributed by atoms with Crippen LogP contribution in [0, 0.1) is 17.2 Å². The molecule has 122 valence electrons. The Hall–Kier alpha value is -1.72. The third-order valence-corrected chi connectivity index (χ3v) is 4.57. The quantitative estimate of drug-likeness (QED) is 0.849. The van der Waals surface area contributed by atoms with Gasteiger partial charge < -0.3 is 14.4 Å². The highest BCUT2D eigenvalue weighted by Crippen LogP contribution is 2.44. The summed E-state index contributed by atoms with van der Waals surface area (Å²) in [6, 6.07) is 5.20. The highest BCUT2D eigenvalue weighted by Gasteiger charge is 2.45. The van der Waals surface area contributed by atoms with Gasteiger partial charge in [0.25, 0.3) is 0 Å². The number of para-hydroxylation sites is 1. The van der Waals surface area contributed by atoms with Crippen LogP contribution in [-0.4, -0.2) is 24.9 Å². The van der Waals surface area contributed by atoms with Crippen LogP contribution in [-0.2, 0) is 10.8 Å². The minimum Gasteiger partial charge on any atom is -0.488 e. The molecule has 0 spiro atoms. The van der Waals surface area contributed by atoms with Gasteiger partial charge in [0.2, 0.25) is 0 Å². The van der Waals surface area contributed by atoms with Crippen molar-refractivity contribution in [1.29, 1.82) is 5.26 Å². The highest BCUT2D eigenvalue weighted by molar-refractivity contribution is 6.45. The van der Waals surface area contributed by atoms with Crippen molar-refractivity contribution < 1.29 is 27.6 Å². The lowest BCUT2D eigenvalue weighted by Crippen LogP contribution is -2.32. The average Bonchev–Trinajstić information content (AvgIpc) is 2.87. The largest absolute Gasteiger partial charge is 0.488 e. The smallest absolute Gasteiger partial charge is 0.457 e. The average molecular weight is 325 g/mol. The van der Waals surface area contributed by atoms with Gasteiger partial charge in [0.05, 0.1) is 17.2 Å². The van der Waals surface area contributed by atoms with Crippen LogP contribution >= 0.6 is 0 Å². The van der Waals surface area contributed by atoms with Crippen molar-refractivity contribution in [3.05, 3.63) is 29.3 Å². The molecule has 3 unspecified atom stereocenters. The van der Waals surface area contributed by atoms with Crippen molar-refractivity contribution in [2.75, 3.05) is 6.61 Å². The van der Waals surface area contributed by atoms with E-state index >= 15 is 0 Å². The number of hydrogen-bond acceptors (Lipinski definition) is 4. The lowest BCUT2D eigenvalue weighted by Gasteiger charge is -2.31. The lowest BCUT2D eigenvalue weighted by molar-refractivity contribution is -0.139. The van der Waals surface area contributed by atoms with E-state index in [1.165, 1.54) is 12.1 Å². The maximum Gasteiger partial charge on any atom is 0.457 e. The Morgan fingerprint density at radius 3 is 2.83 bits per heavy atom. The topological polar surface area (TPSA) is 62.5 Å². The van der Waals surface area contributed by atoms with Gasteiger partial charge in [-0.1, -0.05) is 6.07 Å². The number of fused-ring (bicyclic) bond motifs is 1. The maximum absolute atomic E-state index is 13.1. The number of alkyl halides is 3. The molecule has 1 aromatic rings. The van der Waals surface area contributed by atoms with Crippen LogP contribution in [0.5, 0.6) is 5.75 Å². The summed E-state index contributed by atoms with van der Waals surface area (Å²) in [7, 11) is -0.793. The minimum absolute atomic E-state index is 0.0168. The molecule has 1 aliphatic heterocycles. The number of nitriles is 1. The summed E-state index contributed by atoms with van der Waals surface area (Å²) in [5.41, 5.74) is -1.05. The number of benzene rings is 1. The fourth-order valence-electron chi connectivity index (χ4n) is 3.41. The van der Waals surface area contributed by atoms with Gasteiger partial charge in [-0.15, -0.1) is 0 Å². The molecule has 1 heterocycles. The molecule has 1 saturated heterocycles. The van der Waals surface area contributed by atoms with Gasteiger partial charge >= 0.3 is 13.3 Å². The second-order valence-electron chi connectivity index (χ2n) is 5.99. The Bertz CT molecular complexity index is 631. The molecule has 1 N–H and O–H groups in total. The van der Waals surface area contributed by atoms with Crippen molar-refractivity contribution in [3.63, 3.8) is 0 Å². The Kier molecular flexibility index (Phi) is 4.26. The highest BCUT2D eigenvalue weighted by atomic mass is 19.4. The Morgan fingerprint density at radius 1 is 1.35 bits per heavy atom. The molecule has 0 bridgehead atoms.